The molecule has 1 aliphatic rings. The Morgan fingerprint density at radius 2 is 2.32 bits per heavy atom. The Bertz CT molecular complexity index is 487. The number of nitrogens with zero attached hydrogens (tertiary/aromatic N) is 2. The number of Topliss-reactive ketones (excluding diaryl/α,β-unsaturated/α-hetero) is 1. The minimum atomic E-state index is -0.472. The van der Waals surface area contributed by atoms with E-state index in [0.29, 0.717) is 18.0 Å². The number of hydrogen-bond acceptors (Lipinski definition) is 4. The van der Waals surface area contributed by atoms with E-state index in [1.54, 1.807) is 12.1 Å². The first-order valence-corrected chi connectivity index (χ1v) is 6.56. The van der Waals surface area contributed by atoms with E-state index in [0.717, 1.165) is 19.5 Å². The third-order valence-electron chi connectivity index (χ3n) is 3.49. The highest BCUT2D eigenvalue weighted by atomic mass is 16.6. The van der Waals surface area contributed by atoms with E-state index in [4.69, 9.17) is 0 Å². The molecule has 5 heteroatoms. The maximum Gasteiger partial charge on any atom is 0.270 e. The lowest BCUT2D eigenvalue weighted by Gasteiger charge is -2.30. The Kier molecular flexibility index (Phi) is 4.27. The molecule has 1 aromatic carbocycles. The third-order valence-corrected chi connectivity index (χ3v) is 3.49. The summed E-state index contributed by atoms with van der Waals surface area (Å²) in [5, 5.41) is 10.7. The molecule has 1 fully saturated rings. The molecule has 1 unspecified atom stereocenters. The first kappa shape index (κ1) is 13.7. The van der Waals surface area contributed by atoms with E-state index in [1.807, 2.05) is 0 Å². The van der Waals surface area contributed by atoms with Crippen LogP contribution < -0.4 is 0 Å². The quantitative estimate of drug-likeness (QED) is 0.475. The van der Waals surface area contributed by atoms with Crippen LogP contribution in [-0.4, -0.2) is 35.2 Å². The fourth-order valence-corrected chi connectivity index (χ4v) is 2.52. The van der Waals surface area contributed by atoms with E-state index in [2.05, 4.69) is 11.8 Å². The van der Waals surface area contributed by atoms with Gasteiger partial charge >= 0.3 is 0 Å². The number of benzene rings is 1. The summed E-state index contributed by atoms with van der Waals surface area (Å²) in [7, 11) is 0. The summed E-state index contributed by atoms with van der Waals surface area (Å²) < 4.78 is 0. The van der Waals surface area contributed by atoms with Crippen molar-refractivity contribution in [1.82, 2.24) is 4.90 Å². The van der Waals surface area contributed by atoms with E-state index in [-0.39, 0.29) is 11.5 Å². The minimum absolute atomic E-state index is 0.0298. The number of ketones is 1. The molecule has 102 valence electrons. The van der Waals surface area contributed by atoms with E-state index in [9.17, 15) is 14.9 Å². The van der Waals surface area contributed by atoms with Crippen LogP contribution in [0.1, 0.15) is 30.1 Å². The van der Waals surface area contributed by atoms with Gasteiger partial charge in [-0.2, -0.15) is 0 Å². The lowest BCUT2D eigenvalue weighted by molar-refractivity contribution is -0.384. The first-order chi connectivity index (χ1) is 9.06. The molecule has 0 aliphatic carbocycles. The van der Waals surface area contributed by atoms with Gasteiger partial charge in [0.1, 0.15) is 0 Å². The standard InChI is InChI=1S/C14H18N2O3/c1-11-4-3-7-15(9-11)10-14(17)12-5-2-6-13(8-12)16(18)19/h2,5-6,8,11H,3-4,7,9-10H2,1H3. The first-order valence-electron chi connectivity index (χ1n) is 6.56. The number of piperidine rings is 1. The highest BCUT2D eigenvalue weighted by molar-refractivity contribution is 5.98. The lowest BCUT2D eigenvalue weighted by Crippen LogP contribution is -2.37. The van der Waals surface area contributed by atoms with Crippen LogP contribution in [0.4, 0.5) is 5.69 Å². The molecular weight excluding hydrogens is 244 g/mol. The van der Waals surface area contributed by atoms with Crippen molar-refractivity contribution in [2.75, 3.05) is 19.6 Å². The maximum absolute atomic E-state index is 12.1. The fraction of sp³-hybridized carbons (Fsp3) is 0.500. The Morgan fingerprint density at radius 3 is 3.00 bits per heavy atom. The van der Waals surface area contributed by atoms with Crippen molar-refractivity contribution in [2.45, 2.75) is 19.8 Å². The molecule has 0 radical (unpaired) electrons. The van der Waals surface area contributed by atoms with E-state index in [1.165, 1.54) is 18.6 Å². The van der Waals surface area contributed by atoms with Crippen molar-refractivity contribution >= 4 is 11.5 Å². The van der Waals surface area contributed by atoms with E-state index >= 15 is 0 Å². The van der Waals surface area contributed by atoms with Crippen LogP contribution in [0.25, 0.3) is 0 Å². The average molecular weight is 262 g/mol. The number of nitro groups is 1. The lowest BCUT2D eigenvalue weighted by atomic mass is 9.99. The fourth-order valence-electron chi connectivity index (χ4n) is 2.52. The molecule has 0 spiro atoms. The van der Waals surface area contributed by atoms with Gasteiger partial charge < -0.3 is 0 Å². The van der Waals surface area contributed by atoms with Crippen molar-refractivity contribution in [2.24, 2.45) is 5.92 Å². The predicted octanol–water partition coefficient (Wildman–Crippen LogP) is 2.51. The van der Waals surface area contributed by atoms with E-state index < -0.39 is 4.92 Å². The zero-order valence-corrected chi connectivity index (χ0v) is 11.0. The van der Waals surface area contributed by atoms with Gasteiger partial charge in [0.2, 0.25) is 0 Å². The normalized spacial score (nSPS) is 20.2. The molecule has 0 aromatic heterocycles. The summed E-state index contributed by atoms with van der Waals surface area (Å²) in [6.07, 6.45) is 2.32. The van der Waals surface area contributed by atoms with Crippen molar-refractivity contribution in [3.63, 3.8) is 0 Å². The van der Waals surface area contributed by atoms with Crippen LogP contribution in [0.5, 0.6) is 0 Å². The molecule has 1 aromatic rings. The number of carbonyl (C=O) groups is 1. The average Bonchev–Trinajstić information content (AvgIpc) is 2.39. The topological polar surface area (TPSA) is 63.5 Å². The molecule has 19 heavy (non-hydrogen) atoms. The van der Waals surface area contributed by atoms with Crippen molar-refractivity contribution < 1.29 is 9.72 Å². The highest BCUT2D eigenvalue weighted by Gasteiger charge is 2.20. The van der Waals surface area contributed by atoms with Crippen molar-refractivity contribution in [3.8, 4) is 0 Å². The SMILES string of the molecule is CC1CCCN(CC(=O)c2cccc([N+](=O)[O-])c2)C1. The number of nitro benzene ring substituents is 1. The van der Waals surface area contributed by atoms with Gasteiger partial charge in [0, 0.05) is 24.2 Å². The number of likely N-dealkylation sites (tertiary alicyclic amines) is 1. The Hall–Kier alpha value is -1.75. The second-order valence-corrected chi connectivity index (χ2v) is 5.21. The largest absolute Gasteiger partial charge is 0.296 e. The monoisotopic (exact) mass is 262 g/mol. The third kappa shape index (κ3) is 3.61. The van der Waals surface area contributed by atoms with Gasteiger partial charge in [-0.05, 0) is 25.3 Å². The molecule has 2 rings (SSSR count). The van der Waals surface area contributed by atoms with Gasteiger partial charge in [0.15, 0.2) is 5.78 Å². The Labute approximate surface area is 112 Å². The zero-order valence-electron chi connectivity index (χ0n) is 11.0. The second-order valence-electron chi connectivity index (χ2n) is 5.21. The van der Waals surface area contributed by atoms with Crippen LogP contribution in [0.2, 0.25) is 0 Å². The summed E-state index contributed by atoms with van der Waals surface area (Å²) >= 11 is 0. The molecule has 0 saturated carbocycles. The summed E-state index contributed by atoms with van der Waals surface area (Å²) in [5.74, 6) is 0.574. The smallest absolute Gasteiger partial charge is 0.270 e. The summed E-state index contributed by atoms with van der Waals surface area (Å²) in [6.45, 7) is 4.40. The van der Waals surface area contributed by atoms with Crippen molar-refractivity contribution in [1.29, 1.82) is 0 Å². The molecule has 1 saturated heterocycles. The van der Waals surface area contributed by atoms with Crippen LogP contribution >= 0.6 is 0 Å². The maximum atomic E-state index is 12.1. The highest BCUT2D eigenvalue weighted by Crippen LogP contribution is 2.17. The Morgan fingerprint density at radius 1 is 1.53 bits per heavy atom. The van der Waals surface area contributed by atoms with Gasteiger partial charge in [-0.1, -0.05) is 19.1 Å². The molecule has 1 atom stereocenters. The minimum Gasteiger partial charge on any atom is -0.296 e. The number of hydrogen-bond donors (Lipinski definition) is 0. The van der Waals surface area contributed by atoms with Gasteiger partial charge in [-0.25, -0.2) is 0 Å². The molecule has 5 nitrogen and oxygen atoms in total. The summed E-state index contributed by atoms with van der Waals surface area (Å²) in [4.78, 5) is 24.5. The molecule has 0 amide bonds. The van der Waals surface area contributed by atoms with Gasteiger partial charge in [-0.15, -0.1) is 0 Å². The van der Waals surface area contributed by atoms with Crippen LogP contribution in [0, 0.1) is 16.0 Å². The van der Waals surface area contributed by atoms with Crippen molar-refractivity contribution in [3.05, 3.63) is 39.9 Å². The summed E-state index contributed by atoms with van der Waals surface area (Å²) in [6, 6.07) is 5.96. The number of rotatable bonds is 4. The molecule has 0 bridgehead atoms. The van der Waals surface area contributed by atoms with Gasteiger partial charge in [0.25, 0.3) is 5.69 Å². The Balaban J connectivity index is 2.03. The van der Waals surface area contributed by atoms with Crippen LogP contribution in [0.15, 0.2) is 24.3 Å². The van der Waals surface area contributed by atoms with Crippen LogP contribution in [-0.2, 0) is 0 Å². The predicted molar refractivity (Wildman–Crippen MR) is 72.3 cm³/mol. The van der Waals surface area contributed by atoms with Gasteiger partial charge in [-0.3, -0.25) is 19.8 Å². The molecule has 0 N–H and O–H groups in total. The van der Waals surface area contributed by atoms with Gasteiger partial charge in [0.05, 0.1) is 11.5 Å². The van der Waals surface area contributed by atoms with Crippen LogP contribution in [0.3, 0.4) is 0 Å². The second kappa shape index (κ2) is 5.93. The molecule has 1 aliphatic heterocycles. The molecule has 1 heterocycles. The zero-order chi connectivity index (χ0) is 13.8. The number of non-ortho nitro benzene ring substituents is 1. The summed E-state index contributed by atoms with van der Waals surface area (Å²) in [5.41, 5.74) is 0.394. The number of carbonyl (C=O) groups excluding carboxylic acids is 1. The molecular formula is C14H18N2O3.